The van der Waals surface area contributed by atoms with Gasteiger partial charge in [-0.25, -0.2) is 14.4 Å². The number of carbonyl (C=O) groups excluding carboxylic acids is 1. The number of hydrogen-bond donors (Lipinski definition) is 3. The van der Waals surface area contributed by atoms with Crippen LogP contribution >= 0.6 is 11.3 Å². The zero-order valence-electron chi connectivity index (χ0n) is 24.8. The lowest BCUT2D eigenvalue weighted by molar-refractivity contribution is -0.126. The van der Waals surface area contributed by atoms with Crippen molar-refractivity contribution >= 4 is 17.2 Å². The number of aliphatic hydroxyl groups is 1. The molecule has 3 atom stereocenters. The van der Waals surface area contributed by atoms with E-state index in [1.165, 1.54) is 24.5 Å². The van der Waals surface area contributed by atoms with E-state index < -0.39 is 12.1 Å². The van der Waals surface area contributed by atoms with Crippen LogP contribution in [0.15, 0.2) is 42.0 Å². The normalized spacial score (nSPS) is 19.0. The van der Waals surface area contributed by atoms with Gasteiger partial charge in [0.05, 0.1) is 12.1 Å². The molecule has 1 aliphatic heterocycles. The van der Waals surface area contributed by atoms with Crippen LogP contribution in [0.5, 0.6) is 5.88 Å². The van der Waals surface area contributed by atoms with E-state index in [1.54, 1.807) is 23.7 Å². The standard InChI is InChI=1S/C32H41FN4O4S/c1-31(2,3)15-21-13-23-26(16-32(8-5-9-32)41-29(23)36-17-21)35-18-27(38)25(37-28(39)19-40-4)14-20-6-7-24(33)22(12-20)30-34-10-11-42-30/h6-7,10-13,17,25-27,35,38H,5,8-9,14-16,18-19H2,1-4H3,(H,37,39)/t25?,26-,27+/m0/s1. The molecule has 5 rings (SSSR count). The molecule has 1 aliphatic carbocycles. The molecule has 2 aromatic heterocycles. The number of thiazole rings is 1. The fourth-order valence-electron chi connectivity index (χ4n) is 5.89. The van der Waals surface area contributed by atoms with Crippen LogP contribution in [-0.4, -0.2) is 59.0 Å². The number of benzene rings is 1. The lowest BCUT2D eigenvalue weighted by Gasteiger charge is -2.47. The summed E-state index contributed by atoms with van der Waals surface area (Å²) in [4.78, 5) is 21.5. The van der Waals surface area contributed by atoms with E-state index in [2.05, 4.69) is 42.5 Å². The van der Waals surface area contributed by atoms with Crippen LogP contribution in [-0.2, 0) is 22.4 Å². The Balaban J connectivity index is 1.34. The maximum atomic E-state index is 14.6. The SMILES string of the molecule is COCC(=O)NC(Cc1ccc(F)c(-c2nccs2)c1)[C@H](O)CN[C@H]1CC2(CCC2)Oc2ncc(CC(C)(C)C)cc21. The topological polar surface area (TPSA) is 106 Å². The molecule has 226 valence electrons. The van der Waals surface area contributed by atoms with Gasteiger partial charge in [-0.2, -0.15) is 0 Å². The van der Waals surface area contributed by atoms with Gasteiger partial charge in [0.1, 0.15) is 23.0 Å². The van der Waals surface area contributed by atoms with Crippen LogP contribution in [0.4, 0.5) is 4.39 Å². The van der Waals surface area contributed by atoms with Crippen molar-refractivity contribution in [3.05, 3.63) is 64.5 Å². The van der Waals surface area contributed by atoms with Crippen LogP contribution in [0.3, 0.4) is 0 Å². The van der Waals surface area contributed by atoms with Crippen molar-refractivity contribution in [2.45, 2.75) is 83.1 Å². The zero-order chi connectivity index (χ0) is 29.9. The number of hydrogen-bond acceptors (Lipinski definition) is 8. The average Bonchev–Trinajstić information content (AvgIpc) is 3.45. The summed E-state index contributed by atoms with van der Waals surface area (Å²) in [7, 11) is 1.45. The summed E-state index contributed by atoms with van der Waals surface area (Å²) >= 11 is 1.36. The molecule has 1 saturated carbocycles. The van der Waals surface area contributed by atoms with Crippen molar-refractivity contribution in [2.24, 2.45) is 5.41 Å². The minimum absolute atomic E-state index is 0.0474. The van der Waals surface area contributed by atoms with E-state index in [0.29, 0.717) is 22.9 Å². The molecule has 2 aliphatic rings. The average molecular weight is 597 g/mol. The molecular weight excluding hydrogens is 555 g/mol. The molecule has 3 heterocycles. The highest BCUT2D eigenvalue weighted by Crippen LogP contribution is 2.48. The van der Waals surface area contributed by atoms with Crippen molar-refractivity contribution in [1.29, 1.82) is 0 Å². The Hall–Kier alpha value is -2.92. The first kappa shape index (κ1) is 30.5. The molecule has 0 bridgehead atoms. The molecule has 1 aromatic carbocycles. The quantitative estimate of drug-likeness (QED) is 0.286. The van der Waals surface area contributed by atoms with Crippen molar-refractivity contribution < 1.29 is 23.8 Å². The minimum atomic E-state index is -0.923. The molecule has 10 heteroatoms. The molecule has 1 spiro atoms. The summed E-state index contributed by atoms with van der Waals surface area (Å²) in [5.41, 5.74) is 3.24. The van der Waals surface area contributed by atoms with Gasteiger partial charge >= 0.3 is 0 Å². The molecule has 3 N–H and O–H groups in total. The van der Waals surface area contributed by atoms with Gasteiger partial charge < -0.3 is 25.2 Å². The third-order valence-corrected chi connectivity index (χ3v) is 8.81. The Kier molecular flexibility index (Phi) is 9.27. The third kappa shape index (κ3) is 7.34. The van der Waals surface area contributed by atoms with E-state index in [-0.39, 0.29) is 41.9 Å². The number of halogens is 1. The summed E-state index contributed by atoms with van der Waals surface area (Å²) < 4.78 is 26.0. The number of rotatable bonds is 11. The molecule has 42 heavy (non-hydrogen) atoms. The first-order valence-corrected chi connectivity index (χ1v) is 15.5. The summed E-state index contributed by atoms with van der Waals surface area (Å²) in [6.07, 6.45) is 7.72. The summed E-state index contributed by atoms with van der Waals surface area (Å²) in [6.45, 7) is 6.73. The Morgan fingerprint density at radius 3 is 2.74 bits per heavy atom. The third-order valence-electron chi connectivity index (χ3n) is 8.01. The highest BCUT2D eigenvalue weighted by molar-refractivity contribution is 7.13. The number of ether oxygens (including phenoxy) is 2. The van der Waals surface area contributed by atoms with Gasteiger partial charge in [-0.15, -0.1) is 11.3 Å². The van der Waals surface area contributed by atoms with Crippen LogP contribution in [0.1, 0.15) is 69.2 Å². The van der Waals surface area contributed by atoms with Crippen molar-refractivity contribution in [3.63, 3.8) is 0 Å². The summed E-state index contributed by atoms with van der Waals surface area (Å²) in [5, 5.41) is 20.3. The molecule has 3 aromatic rings. The number of nitrogens with zero attached hydrogens (tertiary/aromatic N) is 2. The van der Waals surface area contributed by atoms with Gasteiger partial charge in [0.15, 0.2) is 0 Å². The largest absolute Gasteiger partial charge is 0.471 e. The molecule has 1 unspecified atom stereocenters. The monoisotopic (exact) mass is 596 g/mol. The van der Waals surface area contributed by atoms with Gasteiger partial charge in [-0.05, 0) is 66.8 Å². The fourth-order valence-corrected chi connectivity index (χ4v) is 6.54. The number of nitrogens with one attached hydrogen (secondary N) is 2. The predicted octanol–water partition coefficient (Wildman–Crippen LogP) is 5.00. The molecule has 8 nitrogen and oxygen atoms in total. The first-order valence-electron chi connectivity index (χ1n) is 14.6. The van der Waals surface area contributed by atoms with Crippen LogP contribution in [0, 0.1) is 11.2 Å². The predicted molar refractivity (Wildman–Crippen MR) is 161 cm³/mol. The van der Waals surface area contributed by atoms with E-state index >= 15 is 0 Å². The fraction of sp³-hybridized carbons (Fsp3) is 0.531. The summed E-state index contributed by atoms with van der Waals surface area (Å²) in [5.74, 6) is -0.0281. The van der Waals surface area contributed by atoms with E-state index in [4.69, 9.17) is 14.5 Å². The Labute approximate surface area is 251 Å². The van der Waals surface area contributed by atoms with E-state index in [0.717, 1.165) is 48.8 Å². The van der Waals surface area contributed by atoms with Gasteiger partial charge in [0, 0.05) is 55.0 Å². The second-order valence-electron chi connectivity index (χ2n) is 12.8. The number of methoxy groups -OCH3 is 1. The lowest BCUT2D eigenvalue weighted by Crippen LogP contribution is -2.52. The number of pyridine rings is 1. The Morgan fingerprint density at radius 1 is 1.26 bits per heavy atom. The molecule has 1 fully saturated rings. The number of aromatic nitrogens is 2. The maximum absolute atomic E-state index is 14.6. The number of carbonyl (C=O) groups is 1. The van der Waals surface area contributed by atoms with Crippen LogP contribution in [0.2, 0.25) is 0 Å². The molecule has 0 saturated heterocycles. The van der Waals surface area contributed by atoms with Crippen molar-refractivity contribution in [1.82, 2.24) is 20.6 Å². The number of fused-ring (bicyclic) bond motifs is 1. The minimum Gasteiger partial charge on any atom is -0.471 e. The molecule has 0 radical (unpaired) electrons. The zero-order valence-corrected chi connectivity index (χ0v) is 25.6. The molecular formula is C32H41FN4O4S. The van der Waals surface area contributed by atoms with Gasteiger partial charge in [0.25, 0.3) is 0 Å². The van der Waals surface area contributed by atoms with Gasteiger partial charge in [-0.3, -0.25) is 4.79 Å². The highest BCUT2D eigenvalue weighted by atomic mass is 32.1. The van der Waals surface area contributed by atoms with Gasteiger partial charge in [-0.1, -0.05) is 26.8 Å². The van der Waals surface area contributed by atoms with E-state index in [9.17, 15) is 14.3 Å². The molecule has 1 amide bonds. The summed E-state index contributed by atoms with van der Waals surface area (Å²) in [6, 6.07) is 6.33. The van der Waals surface area contributed by atoms with Crippen molar-refractivity contribution in [2.75, 3.05) is 20.3 Å². The Morgan fingerprint density at radius 2 is 2.07 bits per heavy atom. The Bertz CT molecular complexity index is 1370. The van der Waals surface area contributed by atoms with E-state index in [1.807, 2.05) is 6.20 Å². The first-order chi connectivity index (χ1) is 20.0. The lowest BCUT2D eigenvalue weighted by atomic mass is 9.73. The maximum Gasteiger partial charge on any atom is 0.246 e. The van der Waals surface area contributed by atoms with Crippen LogP contribution in [0.25, 0.3) is 10.6 Å². The van der Waals surface area contributed by atoms with Gasteiger partial charge in [0.2, 0.25) is 11.8 Å². The highest BCUT2D eigenvalue weighted by Gasteiger charge is 2.46. The number of amides is 1. The van der Waals surface area contributed by atoms with Crippen molar-refractivity contribution in [3.8, 4) is 16.5 Å². The smallest absolute Gasteiger partial charge is 0.246 e. The van der Waals surface area contributed by atoms with Crippen LogP contribution < -0.4 is 15.4 Å². The second kappa shape index (κ2) is 12.8. The second-order valence-corrected chi connectivity index (χ2v) is 13.7. The number of aliphatic hydroxyl groups excluding tert-OH is 1.